The molecule has 0 radical (unpaired) electrons. The van der Waals surface area contributed by atoms with Gasteiger partial charge in [-0.05, 0) is 66.5 Å². The molecule has 27 heavy (non-hydrogen) atoms. The third kappa shape index (κ3) is 2.89. The quantitative estimate of drug-likeness (QED) is 0.599. The summed E-state index contributed by atoms with van der Waals surface area (Å²) in [6.45, 7) is 1.53. The van der Waals surface area contributed by atoms with Crippen LogP contribution in [0.5, 0.6) is 5.75 Å². The third-order valence-corrected chi connectivity index (χ3v) is 6.95. The molecule has 0 aliphatic heterocycles. The van der Waals surface area contributed by atoms with Crippen LogP contribution in [0, 0.1) is 17.3 Å². The normalized spacial score (nSPS) is 38.8. The molecule has 0 aromatic heterocycles. The van der Waals surface area contributed by atoms with Crippen molar-refractivity contribution in [3.63, 3.8) is 0 Å². The Morgan fingerprint density at radius 2 is 2.15 bits per heavy atom. The van der Waals surface area contributed by atoms with E-state index in [2.05, 4.69) is 12.1 Å². The van der Waals surface area contributed by atoms with Gasteiger partial charge >= 0.3 is 5.97 Å². The number of aliphatic carboxylic acids is 1. The van der Waals surface area contributed by atoms with E-state index in [9.17, 15) is 20.1 Å². The van der Waals surface area contributed by atoms with Gasteiger partial charge in [0.2, 0.25) is 6.61 Å². The monoisotopic (exact) mass is 375 g/mol. The predicted octanol–water partition coefficient (Wildman–Crippen LogP) is 1.84. The Hall–Kier alpha value is -2.12. The molecule has 7 nitrogen and oxygen atoms in total. The molecular weight excluding hydrogens is 350 g/mol. The molecule has 0 bridgehead atoms. The second-order valence-corrected chi connectivity index (χ2v) is 8.35. The minimum Gasteiger partial charge on any atom is -0.508 e. The SMILES string of the molecule is C[C@]12CC[C@@H]3c4ccc(O)cc4/C(=N\OCC(=O)O)C[C@H]3[C@@H]1C[C@@H](O)[C@@H]2O. The number of carbonyl (C=O) groups is 1. The highest BCUT2D eigenvalue weighted by atomic mass is 16.6. The predicted molar refractivity (Wildman–Crippen MR) is 96.5 cm³/mol. The van der Waals surface area contributed by atoms with Gasteiger partial charge in [-0.25, -0.2) is 4.79 Å². The Kier molecular flexibility index (Phi) is 4.39. The molecule has 3 aliphatic rings. The number of aromatic hydroxyl groups is 1. The van der Waals surface area contributed by atoms with Crippen LogP contribution in [0.2, 0.25) is 0 Å². The Morgan fingerprint density at radius 1 is 1.37 bits per heavy atom. The first-order valence-corrected chi connectivity index (χ1v) is 9.41. The van der Waals surface area contributed by atoms with E-state index < -0.39 is 24.8 Å². The fourth-order valence-electron chi connectivity index (χ4n) is 5.65. The number of aliphatic hydroxyl groups is 2. The number of rotatable bonds is 3. The van der Waals surface area contributed by atoms with Gasteiger partial charge < -0.3 is 25.3 Å². The Morgan fingerprint density at radius 3 is 2.89 bits per heavy atom. The van der Waals surface area contributed by atoms with Crippen molar-refractivity contribution in [2.24, 2.45) is 22.4 Å². The summed E-state index contributed by atoms with van der Waals surface area (Å²) in [4.78, 5) is 15.7. The van der Waals surface area contributed by atoms with Crippen LogP contribution in [0.1, 0.15) is 49.7 Å². The van der Waals surface area contributed by atoms with E-state index in [0.717, 1.165) is 24.0 Å². The second-order valence-electron chi connectivity index (χ2n) is 8.35. The molecule has 146 valence electrons. The molecule has 7 heteroatoms. The Balaban J connectivity index is 1.73. The molecule has 1 aromatic rings. The van der Waals surface area contributed by atoms with Crippen LogP contribution >= 0.6 is 0 Å². The lowest BCUT2D eigenvalue weighted by Gasteiger charge is -2.49. The van der Waals surface area contributed by atoms with E-state index in [-0.39, 0.29) is 28.9 Å². The topological polar surface area (TPSA) is 120 Å². The summed E-state index contributed by atoms with van der Waals surface area (Å²) >= 11 is 0. The minimum absolute atomic E-state index is 0.130. The summed E-state index contributed by atoms with van der Waals surface area (Å²) in [7, 11) is 0. The van der Waals surface area contributed by atoms with Crippen molar-refractivity contribution < 1.29 is 30.1 Å². The van der Waals surface area contributed by atoms with Crippen LogP contribution in [0.15, 0.2) is 23.4 Å². The van der Waals surface area contributed by atoms with Crippen LogP contribution in [-0.4, -0.2) is 50.9 Å². The van der Waals surface area contributed by atoms with E-state index >= 15 is 0 Å². The maximum absolute atomic E-state index is 10.7. The lowest BCUT2D eigenvalue weighted by Crippen LogP contribution is -2.45. The number of hydrogen-bond acceptors (Lipinski definition) is 6. The summed E-state index contributed by atoms with van der Waals surface area (Å²) in [5, 5.41) is 43.6. The number of aliphatic hydroxyl groups excluding tert-OH is 2. The van der Waals surface area contributed by atoms with Crippen molar-refractivity contribution in [2.75, 3.05) is 6.61 Å². The van der Waals surface area contributed by atoms with Gasteiger partial charge in [0.15, 0.2) is 0 Å². The maximum Gasteiger partial charge on any atom is 0.344 e. The summed E-state index contributed by atoms with van der Waals surface area (Å²) in [5.41, 5.74) is 2.15. The maximum atomic E-state index is 10.7. The van der Waals surface area contributed by atoms with Crippen molar-refractivity contribution in [1.29, 1.82) is 0 Å². The summed E-state index contributed by atoms with van der Waals surface area (Å²) in [6, 6.07) is 5.21. The molecule has 0 heterocycles. The smallest absolute Gasteiger partial charge is 0.344 e. The third-order valence-electron chi connectivity index (χ3n) is 6.95. The Labute approximate surface area is 157 Å². The van der Waals surface area contributed by atoms with Crippen LogP contribution in [0.3, 0.4) is 0 Å². The van der Waals surface area contributed by atoms with Crippen molar-refractivity contribution in [2.45, 2.75) is 50.7 Å². The largest absolute Gasteiger partial charge is 0.508 e. The molecule has 0 spiro atoms. The highest BCUT2D eigenvalue weighted by Crippen LogP contribution is 2.61. The first kappa shape index (κ1) is 18.3. The average Bonchev–Trinajstić information content (AvgIpc) is 2.85. The number of phenolic OH excluding ortho intramolecular Hbond substituents is 1. The first-order chi connectivity index (χ1) is 12.8. The number of oxime groups is 1. The van der Waals surface area contributed by atoms with Crippen molar-refractivity contribution in [3.8, 4) is 5.75 Å². The van der Waals surface area contributed by atoms with Gasteiger partial charge in [-0.15, -0.1) is 0 Å². The summed E-state index contributed by atoms with van der Waals surface area (Å²) in [6.07, 6.45) is 1.40. The number of phenols is 1. The zero-order chi connectivity index (χ0) is 19.3. The van der Waals surface area contributed by atoms with Crippen molar-refractivity contribution in [1.82, 2.24) is 0 Å². The molecular formula is C20H25NO6. The lowest BCUT2D eigenvalue weighted by atomic mass is 9.55. The second kappa shape index (κ2) is 6.49. The van der Waals surface area contributed by atoms with Crippen LogP contribution in [0.4, 0.5) is 0 Å². The van der Waals surface area contributed by atoms with Crippen LogP contribution in [-0.2, 0) is 9.63 Å². The molecule has 4 N–H and O–H groups in total. The number of carboxylic acids is 1. The van der Waals surface area contributed by atoms with Crippen molar-refractivity contribution in [3.05, 3.63) is 29.3 Å². The highest BCUT2D eigenvalue weighted by molar-refractivity contribution is 6.03. The number of hydrogen-bond donors (Lipinski definition) is 4. The van der Waals surface area contributed by atoms with E-state index in [1.54, 1.807) is 12.1 Å². The van der Waals surface area contributed by atoms with Crippen LogP contribution < -0.4 is 0 Å². The molecule has 6 atom stereocenters. The van der Waals surface area contributed by atoms with Gasteiger partial charge in [0, 0.05) is 5.56 Å². The van der Waals surface area contributed by atoms with Gasteiger partial charge in [0.1, 0.15) is 5.75 Å². The summed E-state index contributed by atoms with van der Waals surface area (Å²) in [5.74, 6) is -0.385. The Bertz CT molecular complexity index is 793. The zero-order valence-electron chi connectivity index (χ0n) is 15.2. The average molecular weight is 375 g/mol. The molecule has 1 aromatic carbocycles. The minimum atomic E-state index is -1.10. The number of fused-ring (bicyclic) bond motifs is 5. The van der Waals surface area contributed by atoms with Crippen molar-refractivity contribution >= 4 is 11.7 Å². The molecule has 2 saturated carbocycles. The first-order valence-electron chi connectivity index (χ1n) is 9.41. The zero-order valence-corrected chi connectivity index (χ0v) is 15.2. The van der Waals surface area contributed by atoms with E-state index in [1.165, 1.54) is 0 Å². The van der Waals surface area contributed by atoms with Gasteiger partial charge in [0.05, 0.1) is 17.9 Å². The van der Waals surface area contributed by atoms with Gasteiger partial charge in [-0.2, -0.15) is 0 Å². The molecule has 0 amide bonds. The fourth-order valence-corrected chi connectivity index (χ4v) is 5.65. The molecule has 3 aliphatic carbocycles. The standard InChI is InChI=1S/C20H25NO6/c1-20-5-4-12-11-3-2-10(22)6-14(11)16(21-27-9-18(24)25)7-13(12)15(20)8-17(23)19(20)26/h2-3,6,12-13,15,17,19,22-23,26H,4-5,7-9H2,1H3,(H,24,25)/b21-16-/t12-,13-,15+,17-,19+,20+/m1/s1. The van der Waals surface area contributed by atoms with Crippen LogP contribution in [0.25, 0.3) is 0 Å². The lowest BCUT2D eigenvalue weighted by molar-refractivity contribution is -0.142. The number of benzene rings is 1. The molecule has 0 saturated heterocycles. The van der Waals surface area contributed by atoms with E-state index in [0.29, 0.717) is 18.6 Å². The number of carboxylic acid groups (broad SMARTS) is 1. The molecule has 0 unspecified atom stereocenters. The van der Waals surface area contributed by atoms with Gasteiger partial charge in [-0.3, -0.25) is 0 Å². The van der Waals surface area contributed by atoms with Gasteiger partial charge in [0.25, 0.3) is 0 Å². The highest BCUT2D eigenvalue weighted by Gasteiger charge is 2.58. The summed E-state index contributed by atoms with van der Waals surface area (Å²) < 4.78 is 0. The molecule has 2 fully saturated rings. The van der Waals surface area contributed by atoms with E-state index in [4.69, 9.17) is 9.94 Å². The number of nitrogens with zero attached hydrogens (tertiary/aromatic N) is 1. The molecule has 4 rings (SSSR count). The van der Waals surface area contributed by atoms with Gasteiger partial charge in [-0.1, -0.05) is 18.1 Å². The fraction of sp³-hybridized carbons (Fsp3) is 0.600. The van der Waals surface area contributed by atoms with E-state index in [1.807, 2.05) is 6.07 Å².